The van der Waals surface area contributed by atoms with Crippen LogP contribution in [0.25, 0.3) is 0 Å². The van der Waals surface area contributed by atoms with Crippen molar-refractivity contribution in [2.75, 3.05) is 27.3 Å². The van der Waals surface area contributed by atoms with Crippen LogP contribution in [-0.2, 0) is 26.0 Å². The second-order valence-electron chi connectivity index (χ2n) is 7.24. The third-order valence-corrected chi connectivity index (χ3v) is 7.39. The van der Waals surface area contributed by atoms with Gasteiger partial charge in [-0.3, -0.25) is 4.79 Å². The summed E-state index contributed by atoms with van der Waals surface area (Å²) in [4.78, 5) is 12.6. The first-order valence-corrected chi connectivity index (χ1v) is 10.2. The van der Waals surface area contributed by atoms with Crippen LogP contribution in [-0.4, -0.2) is 52.0 Å². The third kappa shape index (κ3) is 3.73. The molecule has 1 aliphatic heterocycles. The van der Waals surface area contributed by atoms with Gasteiger partial charge in [-0.1, -0.05) is 12.1 Å². The molecule has 1 spiro atoms. The number of benzene rings is 1. The Bertz CT molecular complexity index is 722. The smallest absolute Gasteiger partial charge is 0.242 e. The lowest BCUT2D eigenvalue weighted by atomic mass is 9.60. The summed E-state index contributed by atoms with van der Waals surface area (Å²) < 4.78 is 30.7. The molecule has 138 valence electrons. The van der Waals surface area contributed by atoms with E-state index in [1.807, 2.05) is 0 Å². The van der Waals surface area contributed by atoms with Crippen molar-refractivity contribution in [2.45, 2.75) is 43.0 Å². The fourth-order valence-corrected chi connectivity index (χ4v) is 4.62. The Morgan fingerprint density at radius 1 is 1.20 bits per heavy atom. The van der Waals surface area contributed by atoms with Crippen molar-refractivity contribution in [3.05, 3.63) is 29.8 Å². The summed E-state index contributed by atoms with van der Waals surface area (Å²) in [5.41, 5.74) is 1.05. The van der Waals surface area contributed by atoms with E-state index in [9.17, 15) is 13.2 Å². The zero-order valence-electron chi connectivity index (χ0n) is 14.8. The molecule has 1 aliphatic carbocycles. The summed E-state index contributed by atoms with van der Waals surface area (Å²) >= 11 is 0. The first-order valence-electron chi connectivity index (χ1n) is 8.72. The number of nitrogens with zero attached hydrogens (tertiary/aromatic N) is 1. The Kier molecular flexibility index (Phi) is 5.18. The molecule has 1 heterocycles. The maximum absolute atomic E-state index is 12.4. The summed E-state index contributed by atoms with van der Waals surface area (Å²) in [6.07, 6.45) is 4.51. The minimum absolute atomic E-state index is 0.00113. The molecule has 25 heavy (non-hydrogen) atoms. The van der Waals surface area contributed by atoms with Gasteiger partial charge in [-0.2, -0.15) is 0 Å². The molecule has 1 saturated heterocycles. The molecule has 0 radical (unpaired) electrons. The first kappa shape index (κ1) is 18.4. The molecule has 2 aliphatic rings. The lowest BCUT2D eigenvalue weighted by molar-refractivity contribution is -0.126. The number of hydrogen-bond donors (Lipinski definition) is 1. The fourth-order valence-electron chi connectivity index (χ4n) is 3.72. The van der Waals surface area contributed by atoms with E-state index in [1.165, 1.54) is 24.8 Å². The zero-order chi connectivity index (χ0) is 18.1. The molecular formula is C18H26N2O4S. The van der Waals surface area contributed by atoms with E-state index >= 15 is 0 Å². The summed E-state index contributed by atoms with van der Waals surface area (Å²) in [5, 5.41) is 3.17. The van der Waals surface area contributed by atoms with E-state index in [4.69, 9.17) is 4.74 Å². The van der Waals surface area contributed by atoms with Gasteiger partial charge in [-0.25, -0.2) is 12.7 Å². The number of sulfonamides is 1. The summed E-state index contributed by atoms with van der Waals surface area (Å²) in [6.45, 7) is 1.57. The number of rotatable bonds is 5. The van der Waals surface area contributed by atoms with Crippen LogP contribution in [0.4, 0.5) is 0 Å². The molecule has 1 saturated carbocycles. The highest BCUT2D eigenvalue weighted by molar-refractivity contribution is 7.89. The Labute approximate surface area is 149 Å². The maximum Gasteiger partial charge on any atom is 0.242 e. The van der Waals surface area contributed by atoms with E-state index in [1.54, 1.807) is 24.3 Å². The Morgan fingerprint density at radius 2 is 1.84 bits per heavy atom. The van der Waals surface area contributed by atoms with Crippen LogP contribution in [0.15, 0.2) is 29.2 Å². The predicted octanol–water partition coefficient (Wildman–Crippen LogP) is 1.55. The first-order chi connectivity index (χ1) is 11.8. The molecule has 0 bridgehead atoms. The highest BCUT2D eigenvalue weighted by Gasteiger charge is 2.47. The van der Waals surface area contributed by atoms with E-state index < -0.39 is 10.0 Å². The van der Waals surface area contributed by atoms with Crippen molar-refractivity contribution in [2.24, 2.45) is 5.41 Å². The standard InChI is InChI=1S/C18H26N2O4S/c1-20(2)25(22,23)15-5-3-14(4-6-15)13-17(21)19-16-7-8-18(16)9-11-24-12-10-18/h3-6,16H,7-13H2,1-2H3,(H,19,21). The lowest BCUT2D eigenvalue weighted by Gasteiger charge is -2.52. The molecule has 0 aromatic heterocycles. The van der Waals surface area contributed by atoms with Gasteiger partial charge < -0.3 is 10.1 Å². The highest BCUT2D eigenvalue weighted by Crippen LogP contribution is 2.48. The van der Waals surface area contributed by atoms with Crippen molar-refractivity contribution in [3.63, 3.8) is 0 Å². The van der Waals surface area contributed by atoms with Gasteiger partial charge in [0.05, 0.1) is 11.3 Å². The van der Waals surface area contributed by atoms with Crippen LogP contribution in [0.5, 0.6) is 0 Å². The molecule has 7 heteroatoms. The number of ether oxygens (including phenoxy) is 1. The monoisotopic (exact) mass is 366 g/mol. The second kappa shape index (κ2) is 7.05. The number of carbonyl (C=O) groups excluding carboxylic acids is 1. The average Bonchev–Trinajstić information content (AvgIpc) is 2.60. The van der Waals surface area contributed by atoms with E-state index in [2.05, 4.69) is 5.32 Å². The second-order valence-corrected chi connectivity index (χ2v) is 9.39. The topological polar surface area (TPSA) is 75.7 Å². The van der Waals surface area contributed by atoms with Crippen molar-refractivity contribution < 1.29 is 17.9 Å². The van der Waals surface area contributed by atoms with Gasteiger partial charge >= 0.3 is 0 Å². The molecule has 6 nitrogen and oxygen atoms in total. The molecule has 1 aromatic carbocycles. The molecule has 2 fully saturated rings. The largest absolute Gasteiger partial charge is 0.381 e. The van der Waals surface area contributed by atoms with Crippen LogP contribution >= 0.6 is 0 Å². The average molecular weight is 366 g/mol. The van der Waals surface area contributed by atoms with Crippen molar-refractivity contribution >= 4 is 15.9 Å². The van der Waals surface area contributed by atoms with Crippen molar-refractivity contribution in [3.8, 4) is 0 Å². The van der Waals surface area contributed by atoms with Gasteiger partial charge in [0, 0.05) is 33.4 Å². The normalized spacial score (nSPS) is 22.6. The Morgan fingerprint density at radius 3 is 2.36 bits per heavy atom. The summed E-state index contributed by atoms with van der Waals surface area (Å²) in [7, 11) is -0.431. The number of carbonyl (C=O) groups is 1. The molecule has 1 unspecified atom stereocenters. The van der Waals surface area contributed by atoms with Gasteiger partial charge in [0.25, 0.3) is 0 Å². The summed E-state index contributed by atoms with van der Waals surface area (Å²) in [5.74, 6) is -0.00113. The van der Waals surface area contributed by atoms with Gasteiger partial charge in [0.2, 0.25) is 15.9 Å². The quantitative estimate of drug-likeness (QED) is 0.858. The van der Waals surface area contributed by atoms with Crippen LogP contribution in [0.3, 0.4) is 0 Å². The molecular weight excluding hydrogens is 340 g/mol. The number of amides is 1. The van der Waals surface area contributed by atoms with Crippen LogP contribution in [0, 0.1) is 5.41 Å². The van der Waals surface area contributed by atoms with E-state index in [0.717, 1.165) is 38.0 Å². The minimum atomic E-state index is -3.43. The maximum atomic E-state index is 12.4. The Hall–Kier alpha value is -1.44. The Balaban J connectivity index is 1.58. The van der Waals surface area contributed by atoms with Crippen molar-refractivity contribution in [1.82, 2.24) is 9.62 Å². The van der Waals surface area contributed by atoms with E-state index in [-0.39, 0.29) is 28.7 Å². The highest BCUT2D eigenvalue weighted by atomic mass is 32.2. The zero-order valence-corrected chi connectivity index (χ0v) is 15.6. The SMILES string of the molecule is CN(C)S(=O)(=O)c1ccc(CC(=O)NC2CCC23CCOCC3)cc1. The van der Waals surface area contributed by atoms with E-state index in [0.29, 0.717) is 0 Å². The molecule has 1 atom stereocenters. The van der Waals surface area contributed by atoms with Crippen LogP contribution in [0.1, 0.15) is 31.2 Å². The van der Waals surface area contributed by atoms with Crippen LogP contribution in [0.2, 0.25) is 0 Å². The summed E-state index contributed by atoms with van der Waals surface area (Å²) in [6, 6.07) is 6.78. The molecule has 1 N–H and O–H groups in total. The van der Waals surface area contributed by atoms with Crippen LogP contribution < -0.4 is 5.32 Å². The third-order valence-electron chi connectivity index (χ3n) is 5.56. The fraction of sp³-hybridized carbons (Fsp3) is 0.611. The van der Waals surface area contributed by atoms with Gasteiger partial charge in [0.15, 0.2) is 0 Å². The molecule has 3 rings (SSSR count). The minimum Gasteiger partial charge on any atom is -0.381 e. The number of hydrogen-bond acceptors (Lipinski definition) is 4. The van der Waals surface area contributed by atoms with Crippen molar-refractivity contribution in [1.29, 1.82) is 0 Å². The number of nitrogens with one attached hydrogen (secondary N) is 1. The lowest BCUT2D eigenvalue weighted by Crippen LogP contribution is -2.57. The molecule has 1 aromatic rings. The predicted molar refractivity (Wildman–Crippen MR) is 94.7 cm³/mol. The van der Waals surface area contributed by atoms with Gasteiger partial charge in [-0.05, 0) is 48.8 Å². The van der Waals surface area contributed by atoms with Gasteiger partial charge in [0.1, 0.15) is 0 Å². The van der Waals surface area contributed by atoms with Gasteiger partial charge in [-0.15, -0.1) is 0 Å². The molecule has 1 amide bonds.